The zero-order chi connectivity index (χ0) is 17.6. The molecule has 3 heterocycles. The van der Waals surface area contributed by atoms with Crippen LogP contribution in [0, 0.1) is 0 Å². The first kappa shape index (κ1) is 18.2. The van der Waals surface area contributed by atoms with Crippen molar-refractivity contribution in [1.82, 2.24) is 14.4 Å². The van der Waals surface area contributed by atoms with Crippen molar-refractivity contribution in [3.63, 3.8) is 0 Å². The van der Waals surface area contributed by atoms with Crippen molar-refractivity contribution in [2.45, 2.75) is 50.9 Å². The summed E-state index contributed by atoms with van der Waals surface area (Å²) in [6, 6.07) is 3.80. The van der Waals surface area contributed by atoms with Gasteiger partial charge in [0.1, 0.15) is 0 Å². The maximum absolute atomic E-state index is 12.5. The number of piperidine rings is 1. The highest BCUT2D eigenvalue weighted by Crippen LogP contribution is 2.27. The Morgan fingerprint density at radius 1 is 1.08 bits per heavy atom. The van der Waals surface area contributed by atoms with Crippen molar-refractivity contribution in [2.75, 3.05) is 32.7 Å². The lowest BCUT2D eigenvalue weighted by molar-refractivity contribution is -0.132. The van der Waals surface area contributed by atoms with Crippen LogP contribution < -0.4 is 5.56 Å². The summed E-state index contributed by atoms with van der Waals surface area (Å²) in [4.78, 5) is 28.8. The number of hydrogen-bond acceptors (Lipinski definition) is 3. The molecule has 0 bridgehead atoms. The predicted octanol–water partition coefficient (Wildman–Crippen LogP) is 2.36. The van der Waals surface area contributed by atoms with E-state index in [-0.39, 0.29) is 5.56 Å². The molecule has 0 aliphatic carbocycles. The number of aryl methyl sites for hydroxylation is 1. The maximum Gasteiger partial charge on any atom is 0.250 e. The minimum absolute atomic E-state index is 0.0495. The Morgan fingerprint density at radius 2 is 1.76 bits per heavy atom. The molecule has 2 aliphatic heterocycles. The number of nitrogens with zero attached hydrogens (tertiary/aromatic N) is 3. The van der Waals surface area contributed by atoms with Gasteiger partial charge < -0.3 is 14.4 Å². The van der Waals surface area contributed by atoms with Crippen LogP contribution >= 0.6 is 0 Å². The molecule has 138 valence electrons. The van der Waals surface area contributed by atoms with Gasteiger partial charge in [-0.1, -0.05) is 12.8 Å². The molecule has 25 heavy (non-hydrogen) atoms. The van der Waals surface area contributed by atoms with Crippen molar-refractivity contribution < 1.29 is 4.79 Å². The van der Waals surface area contributed by atoms with Gasteiger partial charge in [0.2, 0.25) is 5.91 Å². The van der Waals surface area contributed by atoms with Gasteiger partial charge >= 0.3 is 0 Å². The van der Waals surface area contributed by atoms with Crippen molar-refractivity contribution >= 4 is 5.91 Å². The van der Waals surface area contributed by atoms with Crippen LogP contribution in [-0.2, 0) is 11.8 Å². The van der Waals surface area contributed by atoms with Crippen molar-refractivity contribution in [2.24, 2.45) is 7.05 Å². The highest BCUT2D eigenvalue weighted by molar-refractivity contribution is 5.76. The number of amides is 1. The molecule has 0 aromatic carbocycles. The van der Waals surface area contributed by atoms with Gasteiger partial charge in [0.05, 0.1) is 0 Å². The summed E-state index contributed by atoms with van der Waals surface area (Å²) in [6.45, 7) is 4.85. The summed E-state index contributed by atoms with van der Waals surface area (Å²) >= 11 is 0. The Labute approximate surface area is 150 Å². The van der Waals surface area contributed by atoms with E-state index in [1.807, 2.05) is 17.2 Å². The average Bonchev–Trinajstić information content (AvgIpc) is 2.91. The van der Waals surface area contributed by atoms with Gasteiger partial charge in [-0.15, -0.1) is 0 Å². The van der Waals surface area contributed by atoms with Crippen molar-refractivity contribution in [3.8, 4) is 0 Å². The monoisotopic (exact) mass is 345 g/mol. The quantitative estimate of drug-likeness (QED) is 0.841. The normalized spacial score (nSPS) is 20.4. The summed E-state index contributed by atoms with van der Waals surface area (Å²) in [6.07, 6.45) is 9.63. The molecule has 2 aliphatic rings. The molecule has 5 nitrogen and oxygen atoms in total. The molecule has 1 aromatic heterocycles. The van der Waals surface area contributed by atoms with E-state index < -0.39 is 0 Å². The van der Waals surface area contributed by atoms with Gasteiger partial charge in [0, 0.05) is 45.4 Å². The van der Waals surface area contributed by atoms with Crippen molar-refractivity contribution in [3.05, 3.63) is 34.2 Å². The molecule has 2 fully saturated rings. The molecule has 1 amide bonds. The van der Waals surface area contributed by atoms with Gasteiger partial charge in [-0.3, -0.25) is 9.59 Å². The van der Waals surface area contributed by atoms with Crippen molar-refractivity contribution in [1.29, 1.82) is 0 Å². The minimum Gasteiger partial charge on any atom is -0.343 e. The molecule has 0 radical (unpaired) electrons. The van der Waals surface area contributed by atoms with Crippen LogP contribution in [0.5, 0.6) is 0 Å². The third-order valence-electron chi connectivity index (χ3n) is 5.79. The molecule has 0 atom stereocenters. The maximum atomic E-state index is 12.5. The first-order valence-electron chi connectivity index (χ1n) is 9.80. The number of hydrogen-bond donors (Lipinski definition) is 0. The number of carbonyl (C=O) groups is 1. The van der Waals surface area contributed by atoms with Gasteiger partial charge in [0.25, 0.3) is 5.56 Å². The first-order valence-corrected chi connectivity index (χ1v) is 9.80. The first-order chi connectivity index (χ1) is 12.1. The van der Waals surface area contributed by atoms with E-state index in [9.17, 15) is 9.59 Å². The molecular formula is C20H31N3O2. The van der Waals surface area contributed by atoms with Crippen LogP contribution in [0.25, 0.3) is 0 Å². The lowest BCUT2D eigenvalue weighted by Gasteiger charge is -2.33. The van der Waals surface area contributed by atoms with E-state index in [0.717, 1.165) is 51.1 Å². The highest BCUT2D eigenvalue weighted by Gasteiger charge is 2.24. The number of rotatable bonds is 4. The molecule has 1 aromatic rings. The summed E-state index contributed by atoms with van der Waals surface area (Å²) < 4.78 is 1.60. The van der Waals surface area contributed by atoms with Crippen LogP contribution in [0.4, 0.5) is 0 Å². The van der Waals surface area contributed by atoms with Crippen LogP contribution in [0.1, 0.15) is 56.4 Å². The fourth-order valence-corrected chi connectivity index (χ4v) is 4.05. The van der Waals surface area contributed by atoms with E-state index in [1.54, 1.807) is 17.7 Å². The standard InChI is InChI=1S/C20H31N3O2/c1-21-12-6-18(16-20(21)25)17-7-14-23(15-8-17)19(24)9-13-22-10-4-2-3-5-11-22/h6,12,16-17H,2-5,7-11,13-15H2,1H3. The average molecular weight is 345 g/mol. The second-order valence-corrected chi connectivity index (χ2v) is 7.57. The Balaban J connectivity index is 1.45. The van der Waals surface area contributed by atoms with E-state index in [2.05, 4.69) is 4.90 Å². The molecule has 0 saturated carbocycles. The number of pyridine rings is 1. The molecular weight excluding hydrogens is 314 g/mol. The third kappa shape index (κ3) is 4.94. The third-order valence-corrected chi connectivity index (χ3v) is 5.79. The predicted molar refractivity (Wildman–Crippen MR) is 99.8 cm³/mol. The zero-order valence-corrected chi connectivity index (χ0v) is 15.5. The van der Waals surface area contributed by atoms with Gasteiger partial charge in [-0.25, -0.2) is 0 Å². The molecule has 2 saturated heterocycles. The largest absolute Gasteiger partial charge is 0.343 e. The summed E-state index contributed by atoms with van der Waals surface area (Å²) in [5.41, 5.74) is 1.17. The topological polar surface area (TPSA) is 45.6 Å². The van der Waals surface area contributed by atoms with E-state index in [0.29, 0.717) is 18.2 Å². The van der Waals surface area contributed by atoms with E-state index >= 15 is 0 Å². The molecule has 0 spiro atoms. The van der Waals surface area contributed by atoms with E-state index in [1.165, 1.54) is 25.7 Å². The SMILES string of the molecule is Cn1ccc(C2CCN(C(=O)CCN3CCCCCC3)CC2)cc1=O. The fourth-order valence-electron chi connectivity index (χ4n) is 4.05. The van der Waals surface area contributed by atoms with E-state index in [4.69, 9.17) is 0 Å². The highest BCUT2D eigenvalue weighted by atomic mass is 16.2. The lowest BCUT2D eigenvalue weighted by Crippen LogP contribution is -2.40. The Bertz CT molecular complexity index is 624. The van der Waals surface area contributed by atoms with Gasteiger partial charge in [-0.05, 0) is 56.3 Å². The molecule has 5 heteroatoms. The number of aromatic nitrogens is 1. The van der Waals surface area contributed by atoms with Crippen LogP contribution in [0.3, 0.4) is 0 Å². The van der Waals surface area contributed by atoms with Crippen LogP contribution in [0.2, 0.25) is 0 Å². The lowest BCUT2D eigenvalue weighted by atomic mass is 9.90. The molecule has 3 rings (SSSR count). The smallest absolute Gasteiger partial charge is 0.250 e. The second kappa shape index (κ2) is 8.65. The fraction of sp³-hybridized carbons (Fsp3) is 0.700. The number of likely N-dealkylation sites (tertiary alicyclic amines) is 2. The molecule has 0 unspecified atom stereocenters. The van der Waals surface area contributed by atoms with Gasteiger partial charge in [-0.2, -0.15) is 0 Å². The number of carbonyl (C=O) groups excluding carboxylic acids is 1. The Morgan fingerprint density at radius 3 is 2.40 bits per heavy atom. The second-order valence-electron chi connectivity index (χ2n) is 7.57. The summed E-state index contributed by atoms with van der Waals surface area (Å²) in [5.74, 6) is 0.704. The zero-order valence-electron chi connectivity index (χ0n) is 15.5. The molecule has 0 N–H and O–H groups in total. The Kier molecular flexibility index (Phi) is 6.29. The Hall–Kier alpha value is -1.62. The van der Waals surface area contributed by atoms with Crippen LogP contribution in [-0.4, -0.2) is 53.0 Å². The summed E-state index contributed by atoms with van der Waals surface area (Å²) in [7, 11) is 1.78. The minimum atomic E-state index is 0.0495. The van der Waals surface area contributed by atoms with Crippen LogP contribution in [0.15, 0.2) is 23.1 Å². The summed E-state index contributed by atoms with van der Waals surface area (Å²) in [5, 5.41) is 0. The van der Waals surface area contributed by atoms with Gasteiger partial charge in [0.15, 0.2) is 0 Å².